The van der Waals surface area contributed by atoms with Gasteiger partial charge in [-0.2, -0.15) is 0 Å². The number of ether oxygens (including phenoxy) is 1. The summed E-state index contributed by atoms with van der Waals surface area (Å²) >= 11 is 0. The maximum absolute atomic E-state index is 11.5. The van der Waals surface area contributed by atoms with E-state index in [1.807, 2.05) is 25.7 Å². The predicted octanol–water partition coefficient (Wildman–Crippen LogP) is 0.766. The average molecular weight is 264 g/mol. The topological polar surface area (TPSA) is 94.5 Å². The van der Waals surface area contributed by atoms with E-state index in [0.717, 1.165) is 0 Å². The number of carbonyl (C=O) groups is 1. The zero-order valence-corrected chi connectivity index (χ0v) is 11.5. The molecule has 2 rings (SSSR count). The summed E-state index contributed by atoms with van der Waals surface area (Å²) in [5, 5.41) is 0. The van der Waals surface area contributed by atoms with Crippen LogP contribution in [0.15, 0.2) is 12.3 Å². The second kappa shape index (κ2) is 4.70. The van der Waals surface area contributed by atoms with E-state index in [9.17, 15) is 4.79 Å². The van der Waals surface area contributed by atoms with Gasteiger partial charge in [0.1, 0.15) is 5.82 Å². The molecule has 6 nitrogen and oxygen atoms in total. The van der Waals surface area contributed by atoms with E-state index in [-0.39, 0.29) is 11.7 Å². The Morgan fingerprint density at radius 2 is 2.26 bits per heavy atom. The van der Waals surface area contributed by atoms with Crippen molar-refractivity contribution in [3.05, 3.63) is 17.8 Å². The fourth-order valence-electron chi connectivity index (χ4n) is 2.52. The highest BCUT2D eigenvalue weighted by Crippen LogP contribution is 2.27. The SMILES string of the molecule is CC1CN(c2ncc(N)cc2C(N)=O)CC(C)(C)O1. The van der Waals surface area contributed by atoms with Gasteiger partial charge in [0, 0.05) is 13.1 Å². The summed E-state index contributed by atoms with van der Waals surface area (Å²) in [6, 6.07) is 1.57. The van der Waals surface area contributed by atoms with Crippen LogP contribution in [-0.4, -0.2) is 35.7 Å². The summed E-state index contributed by atoms with van der Waals surface area (Å²) in [6.45, 7) is 7.33. The average Bonchev–Trinajstić information content (AvgIpc) is 2.25. The van der Waals surface area contributed by atoms with Gasteiger partial charge in [-0.25, -0.2) is 4.98 Å². The van der Waals surface area contributed by atoms with Crippen molar-refractivity contribution >= 4 is 17.4 Å². The van der Waals surface area contributed by atoms with Crippen molar-refractivity contribution in [3.63, 3.8) is 0 Å². The van der Waals surface area contributed by atoms with Gasteiger partial charge >= 0.3 is 0 Å². The van der Waals surface area contributed by atoms with E-state index in [1.54, 1.807) is 6.07 Å². The van der Waals surface area contributed by atoms with Gasteiger partial charge in [0.15, 0.2) is 0 Å². The van der Waals surface area contributed by atoms with Gasteiger partial charge in [0.25, 0.3) is 5.91 Å². The molecule has 1 aliphatic heterocycles. The lowest BCUT2D eigenvalue weighted by Gasteiger charge is -2.42. The summed E-state index contributed by atoms with van der Waals surface area (Å²) < 4.78 is 5.84. The van der Waals surface area contributed by atoms with Crippen molar-refractivity contribution in [1.29, 1.82) is 0 Å². The third-order valence-electron chi connectivity index (χ3n) is 3.02. The summed E-state index contributed by atoms with van der Waals surface area (Å²) in [5.74, 6) is 0.0525. The molecule has 1 amide bonds. The number of morpholine rings is 1. The van der Waals surface area contributed by atoms with Crippen molar-refractivity contribution in [1.82, 2.24) is 4.98 Å². The van der Waals surface area contributed by atoms with E-state index < -0.39 is 5.91 Å². The first kappa shape index (κ1) is 13.6. The molecule has 104 valence electrons. The summed E-state index contributed by atoms with van der Waals surface area (Å²) in [6.07, 6.45) is 1.60. The van der Waals surface area contributed by atoms with E-state index in [1.165, 1.54) is 6.20 Å². The van der Waals surface area contributed by atoms with Gasteiger partial charge in [-0.1, -0.05) is 0 Å². The Labute approximate surface area is 112 Å². The quantitative estimate of drug-likeness (QED) is 0.822. The molecule has 1 aromatic heterocycles. The first-order valence-electron chi connectivity index (χ1n) is 6.26. The van der Waals surface area contributed by atoms with Crippen LogP contribution in [0.3, 0.4) is 0 Å². The molecular formula is C13H20N4O2. The number of carbonyl (C=O) groups excluding carboxylic acids is 1. The lowest BCUT2D eigenvalue weighted by Crippen LogP contribution is -2.52. The largest absolute Gasteiger partial charge is 0.397 e. The van der Waals surface area contributed by atoms with Crippen molar-refractivity contribution in [2.24, 2.45) is 5.73 Å². The number of amides is 1. The van der Waals surface area contributed by atoms with Gasteiger partial charge < -0.3 is 21.1 Å². The van der Waals surface area contributed by atoms with Crippen molar-refractivity contribution < 1.29 is 9.53 Å². The van der Waals surface area contributed by atoms with E-state index in [0.29, 0.717) is 30.2 Å². The number of nitrogen functional groups attached to an aromatic ring is 1. The first-order chi connectivity index (χ1) is 8.78. The molecular weight excluding hydrogens is 244 g/mol. The predicted molar refractivity (Wildman–Crippen MR) is 74.0 cm³/mol. The van der Waals surface area contributed by atoms with Crippen molar-refractivity contribution in [2.75, 3.05) is 23.7 Å². The Morgan fingerprint density at radius 3 is 2.84 bits per heavy atom. The standard InChI is InChI=1S/C13H20N4O2/c1-8-6-17(7-13(2,3)19-8)12-10(11(15)18)4-9(14)5-16-12/h4-5,8H,6-7,14H2,1-3H3,(H2,15,18). The highest BCUT2D eigenvalue weighted by molar-refractivity contribution is 5.98. The van der Waals surface area contributed by atoms with Crippen LogP contribution in [0.4, 0.5) is 11.5 Å². The van der Waals surface area contributed by atoms with Crippen LogP contribution in [0, 0.1) is 0 Å². The van der Waals surface area contributed by atoms with Crippen LogP contribution in [0.1, 0.15) is 31.1 Å². The minimum Gasteiger partial charge on any atom is -0.397 e. The summed E-state index contributed by atoms with van der Waals surface area (Å²) in [5.41, 5.74) is 11.5. The van der Waals surface area contributed by atoms with Gasteiger partial charge in [0.05, 0.1) is 29.2 Å². The molecule has 1 atom stereocenters. The Kier molecular flexibility index (Phi) is 3.36. The monoisotopic (exact) mass is 264 g/mol. The minimum absolute atomic E-state index is 0.0591. The Hall–Kier alpha value is -1.82. The molecule has 19 heavy (non-hydrogen) atoms. The molecule has 1 aromatic rings. The van der Waals surface area contributed by atoms with Gasteiger partial charge in [-0.15, -0.1) is 0 Å². The molecule has 6 heteroatoms. The molecule has 1 unspecified atom stereocenters. The number of nitrogens with zero attached hydrogens (tertiary/aromatic N) is 2. The summed E-state index contributed by atoms with van der Waals surface area (Å²) in [4.78, 5) is 17.8. The molecule has 0 radical (unpaired) electrons. The number of anilines is 2. The molecule has 0 saturated carbocycles. The number of pyridine rings is 1. The number of hydrogen-bond donors (Lipinski definition) is 2. The molecule has 0 spiro atoms. The van der Waals surface area contributed by atoms with Crippen LogP contribution in [0.25, 0.3) is 0 Å². The first-order valence-corrected chi connectivity index (χ1v) is 6.26. The third kappa shape index (κ3) is 2.96. The molecule has 1 saturated heterocycles. The van der Waals surface area contributed by atoms with Crippen LogP contribution >= 0.6 is 0 Å². The van der Waals surface area contributed by atoms with Crippen LogP contribution in [-0.2, 0) is 4.74 Å². The van der Waals surface area contributed by atoms with Crippen LogP contribution in [0.2, 0.25) is 0 Å². The fourth-order valence-corrected chi connectivity index (χ4v) is 2.52. The zero-order valence-electron chi connectivity index (χ0n) is 11.5. The van der Waals surface area contributed by atoms with Crippen molar-refractivity contribution in [2.45, 2.75) is 32.5 Å². The second-order valence-electron chi connectivity index (χ2n) is 5.57. The van der Waals surface area contributed by atoms with Gasteiger partial charge in [-0.05, 0) is 26.8 Å². The second-order valence-corrected chi connectivity index (χ2v) is 5.57. The zero-order chi connectivity index (χ0) is 14.2. The van der Waals surface area contributed by atoms with Crippen LogP contribution in [0.5, 0.6) is 0 Å². The molecule has 1 aliphatic rings. The lowest BCUT2D eigenvalue weighted by molar-refractivity contribution is -0.0752. The minimum atomic E-state index is -0.522. The maximum Gasteiger partial charge on any atom is 0.252 e. The number of aromatic nitrogens is 1. The van der Waals surface area contributed by atoms with E-state index in [4.69, 9.17) is 16.2 Å². The molecule has 1 fully saturated rings. The van der Waals surface area contributed by atoms with Crippen LogP contribution < -0.4 is 16.4 Å². The normalized spacial score (nSPS) is 22.3. The molecule has 2 heterocycles. The Balaban J connectivity index is 2.38. The number of primary amides is 1. The van der Waals surface area contributed by atoms with E-state index in [2.05, 4.69) is 4.98 Å². The molecule has 4 N–H and O–H groups in total. The van der Waals surface area contributed by atoms with Gasteiger partial charge in [-0.3, -0.25) is 4.79 Å². The lowest BCUT2D eigenvalue weighted by atomic mass is 10.0. The molecule has 0 aromatic carbocycles. The third-order valence-corrected chi connectivity index (χ3v) is 3.02. The highest BCUT2D eigenvalue weighted by Gasteiger charge is 2.33. The Bertz CT molecular complexity index is 501. The van der Waals surface area contributed by atoms with Crippen molar-refractivity contribution in [3.8, 4) is 0 Å². The smallest absolute Gasteiger partial charge is 0.252 e. The Morgan fingerprint density at radius 1 is 1.58 bits per heavy atom. The number of rotatable bonds is 2. The highest BCUT2D eigenvalue weighted by atomic mass is 16.5. The van der Waals surface area contributed by atoms with E-state index >= 15 is 0 Å². The van der Waals surface area contributed by atoms with Gasteiger partial charge in [0.2, 0.25) is 0 Å². The molecule has 0 aliphatic carbocycles. The fraction of sp³-hybridized carbons (Fsp3) is 0.538. The molecule has 0 bridgehead atoms. The number of nitrogens with two attached hydrogens (primary N) is 2. The summed E-state index contributed by atoms with van der Waals surface area (Å²) in [7, 11) is 0. The maximum atomic E-state index is 11.5. The number of hydrogen-bond acceptors (Lipinski definition) is 5.